The zero-order chi connectivity index (χ0) is 12.8. The van der Waals surface area contributed by atoms with E-state index < -0.39 is 31.7 Å². The molecule has 0 aliphatic heterocycles. The lowest BCUT2D eigenvalue weighted by Gasteiger charge is -2.40. The summed E-state index contributed by atoms with van der Waals surface area (Å²) in [4.78, 5) is 8.15. The Labute approximate surface area is 91.4 Å². The van der Waals surface area contributed by atoms with Crippen LogP contribution in [0.4, 0.5) is 19.4 Å². The van der Waals surface area contributed by atoms with Crippen LogP contribution in [0.5, 0.6) is 0 Å². The van der Waals surface area contributed by atoms with Gasteiger partial charge < -0.3 is 5.11 Å². The molecule has 0 spiro atoms. The third kappa shape index (κ3) is 2.76. The van der Waals surface area contributed by atoms with Gasteiger partial charge in [-0.25, -0.2) is 4.79 Å². The smallest absolute Gasteiger partial charge is 0.337 e. The highest BCUT2D eigenvalue weighted by Gasteiger charge is 2.65. The van der Waals surface area contributed by atoms with Gasteiger partial charge in [0.05, 0.1) is 10.6 Å². The Morgan fingerprint density at radius 1 is 1.19 bits per heavy atom. The Morgan fingerprint density at radius 3 is 2.06 bits per heavy atom. The molecule has 0 amide bonds. The van der Waals surface area contributed by atoms with Gasteiger partial charge >= 0.3 is 16.2 Å². The molecule has 92 valence electrons. The summed E-state index contributed by atoms with van der Waals surface area (Å²) in [6.07, 6.45) is 0. The minimum Gasteiger partial charge on any atom is -0.478 e. The van der Waals surface area contributed by atoms with Gasteiger partial charge in [0.1, 0.15) is 4.90 Å². The Hall–Kier alpha value is -1.02. The van der Waals surface area contributed by atoms with E-state index in [9.17, 15) is 24.2 Å². The summed E-state index contributed by atoms with van der Waals surface area (Å²) in [5.74, 6) is -1.81. The number of halogens is 6. The molecule has 0 saturated heterocycles. The van der Waals surface area contributed by atoms with Crippen LogP contribution in [-0.4, -0.2) is 11.1 Å². The van der Waals surface area contributed by atoms with Crippen LogP contribution in [-0.2, 0) is 0 Å². The maximum Gasteiger partial charge on any atom is 0.337 e. The first-order valence-electron chi connectivity index (χ1n) is 3.58. The standard InChI is InChI=1S/C7H4ClF5O2S/c8-6-2-1-4(3-5(6)7(14)15)16(9,10,11,12)13/h1-3H,(H,14,15). The van der Waals surface area contributed by atoms with Gasteiger partial charge in [0.25, 0.3) is 0 Å². The van der Waals surface area contributed by atoms with Crippen molar-refractivity contribution in [2.24, 2.45) is 0 Å². The summed E-state index contributed by atoms with van der Waals surface area (Å²) in [7, 11) is -9.86. The highest BCUT2D eigenvalue weighted by Crippen LogP contribution is 3.02. The number of benzene rings is 1. The number of rotatable bonds is 2. The van der Waals surface area contributed by atoms with Gasteiger partial charge in [-0.05, 0) is 18.2 Å². The van der Waals surface area contributed by atoms with Gasteiger partial charge in [0, 0.05) is 0 Å². The average molecular weight is 283 g/mol. The van der Waals surface area contributed by atoms with Crippen molar-refractivity contribution in [1.29, 1.82) is 0 Å². The summed E-state index contributed by atoms with van der Waals surface area (Å²) in [6, 6.07) is 0.348. The van der Waals surface area contributed by atoms with Gasteiger partial charge in [0.15, 0.2) is 0 Å². The van der Waals surface area contributed by atoms with E-state index in [1.807, 2.05) is 0 Å². The third-order valence-electron chi connectivity index (χ3n) is 1.61. The second-order valence-electron chi connectivity index (χ2n) is 2.92. The zero-order valence-corrected chi connectivity index (χ0v) is 8.84. The third-order valence-corrected chi connectivity index (χ3v) is 3.09. The lowest BCUT2D eigenvalue weighted by atomic mass is 10.2. The molecule has 0 aliphatic carbocycles. The van der Waals surface area contributed by atoms with Crippen molar-refractivity contribution in [2.75, 3.05) is 0 Å². The molecule has 0 heterocycles. The topological polar surface area (TPSA) is 37.3 Å². The fourth-order valence-corrected chi connectivity index (χ4v) is 1.77. The van der Waals surface area contributed by atoms with Crippen molar-refractivity contribution in [3.8, 4) is 0 Å². The molecule has 0 aliphatic rings. The van der Waals surface area contributed by atoms with Gasteiger partial charge in [-0.15, -0.1) is 0 Å². The molecule has 16 heavy (non-hydrogen) atoms. The normalized spacial score (nSPS) is 16.4. The van der Waals surface area contributed by atoms with E-state index in [2.05, 4.69) is 0 Å². The fraction of sp³-hybridized carbons (Fsp3) is 0. The van der Waals surface area contributed by atoms with Crippen molar-refractivity contribution >= 4 is 27.8 Å². The largest absolute Gasteiger partial charge is 0.478 e. The SMILES string of the molecule is O=C(O)c1cc(S(F)(F)(F)(F)F)ccc1Cl. The predicted octanol–water partition coefficient (Wildman–Crippen LogP) is 4.70. The highest BCUT2D eigenvalue weighted by atomic mass is 35.5. The molecule has 0 atom stereocenters. The molecular formula is C7H4ClF5O2S. The van der Waals surface area contributed by atoms with Crippen LogP contribution in [0.3, 0.4) is 0 Å². The molecule has 2 nitrogen and oxygen atoms in total. The first kappa shape index (κ1) is 13.0. The highest BCUT2D eigenvalue weighted by molar-refractivity contribution is 8.45. The maximum atomic E-state index is 12.3. The molecule has 9 heteroatoms. The summed E-state index contributed by atoms with van der Waals surface area (Å²) < 4.78 is 61.4. The molecule has 1 aromatic rings. The molecule has 1 rings (SSSR count). The Morgan fingerprint density at radius 2 is 1.69 bits per heavy atom. The van der Waals surface area contributed by atoms with E-state index in [0.717, 1.165) is 0 Å². The number of hydrogen-bond donors (Lipinski definition) is 1. The second-order valence-corrected chi connectivity index (χ2v) is 5.73. The molecule has 0 radical (unpaired) electrons. The second kappa shape index (κ2) is 2.80. The minimum atomic E-state index is -9.86. The molecule has 0 fully saturated rings. The first-order valence-corrected chi connectivity index (χ1v) is 5.91. The first-order chi connectivity index (χ1) is 6.81. The Balaban J connectivity index is 3.54. The van der Waals surface area contributed by atoms with Crippen LogP contribution in [0, 0.1) is 0 Å². The monoisotopic (exact) mass is 282 g/mol. The molecule has 0 aromatic heterocycles. The lowest BCUT2D eigenvalue weighted by Crippen LogP contribution is -2.08. The average Bonchev–Trinajstić information content (AvgIpc) is 1.99. The van der Waals surface area contributed by atoms with E-state index >= 15 is 0 Å². The molecular weight excluding hydrogens is 279 g/mol. The van der Waals surface area contributed by atoms with Crippen molar-refractivity contribution in [3.63, 3.8) is 0 Å². The number of carboxylic acids is 1. The zero-order valence-electron chi connectivity index (χ0n) is 7.26. The van der Waals surface area contributed by atoms with Crippen LogP contribution in [0.15, 0.2) is 23.1 Å². The van der Waals surface area contributed by atoms with E-state index in [1.165, 1.54) is 0 Å². The van der Waals surface area contributed by atoms with Gasteiger partial charge in [-0.1, -0.05) is 31.0 Å². The Kier molecular flexibility index (Phi) is 2.29. The molecule has 0 saturated carbocycles. The quantitative estimate of drug-likeness (QED) is 0.799. The fourth-order valence-electron chi connectivity index (χ4n) is 0.908. The van der Waals surface area contributed by atoms with E-state index in [4.69, 9.17) is 16.7 Å². The van der Waals surface area contributed by atoms with Crippen molar-refractivity contribution < 1.29 is 29.3 Å². The van der Waals surface area contributed by atoms with Crippen LogP contribution in [0.1, 0.15) is 10.4 Å². The van der Waals surface area contributed by atoms with Gasteiger partial charge in [-0.2, -0.15) is 0 Å². The van der Waals surface area contributed by atoms with E-state index in [0.29, 0.717) is 6.07 Å². The van der Waals surface area contributed by atoms with Gasteiger partial charge in [-0.3, -0.25) is 0 Å². The van der Waals surface area contributed by atoms with Crippen molar-refractivity contribution in [2.45, 2.75) is 4.90 Å². The lowest BCUT2D eigenvalue weighted by molar-refractivity contribution is 0.0697. The maximum absolute atomic E-state index is 12.3. The predicted molar refractivity (Wildman–Crippen MR) is 49.8 cm³/mol. The van der Waals surface area contributed by atoms with Crippen molar-refractivity contribution in [3.05, 3.63) is 28.8 Å². The summed E-state index contributed by atoms with van der Waals surface area (Å²) in [5, 5.41) is 7.90. The number of hydrogen-bond acceptors (Lipinski definition) is 1. The van der Waals surface area contributed by atoms with E-state index in [-0.39, 0.29) is 12.1 Å². The Bertz CT molecular complexity index is 469. The molecule has 0 unspecified atom stereocenters. The minimum absolute atomic E-state index is 0.0519. The van der Waals surface area contributed by atoms with Crippen LogP contribution >= 0.6 is 21.8 Å². The summed E-state index contributed by atoms with van der Waals surface area (Å²) >= 11 is 5.25. The molecule has 1 N–H and O–H groups in total. The summed E-state index contributed by atoms with van der Waals surface area (Å²) in [6.45, 7) is 0. The number of aromatic carboxylic acids is 1. The molecule has 0 bridgehead atoms. The van der Waals surface area contributed by atoms with E-state index in [1.54, 1.807) is 0 Å². The number of carbonyl (C=O) groups is 1. The molecule has 1 aromatic carbocycles. The van der Waals surface area contributed by atoms with Crippen LogP contribution in [0.25, 0.3) is 0 Å². The van der Waals surface area contributed by atoms with Crippen LogP contribution in [0.2, 0.25) is 5.02 Å². The van der Waals surface area contributed by atoms with Crippen LogP contribution < -0.4 is 0 Å². The van der Waals surface area contributed by atoms with Crippen molar-refractivity contribution in [1.82, 2.24) is 0 Å². The van der Waals surface area contributed by atoms with Gasteiger partial charge in [0.2, 0.25) is 0 Å². The number of carboxylic acid groups (broad SMARTS) is 1. The summed E-state index contributed by atoms with van der Waals surface area (Å²) in [5.41, 5.74) is -1.02.